The maximum atomic E-state index is 12.4. The van der Waals surface area contributed by atoms with Crippen LogP contribution in [-0.2, 0) is 23.1 Å². The molecule has 2 heterocycles. The third kappa shape index (κ3) is 3.80. The fraction of sp³-hybridized carbons (Fsp3) is 0.471. The number of aromatic nitrogens is 3. The molecule has 0 spiro atoms. The van der Waals surface area contributed by atoms with Gasteiger partial charge in [0.1, 0.15) is 12.4 Å². The molecule has 1 N–H and O–H groups in total. The van der Waals surface area contributed by atoms with Crippen molar-refractivity contribution in [3.63, 3.8) is 0 Å². The molecule has 1 aromatic carbocycles. The number of nitrogens with zero attached hydrogens (tertiary/aromatic N) is 4. The first kappa shape index (κ1) is 16.6. The Balaban J connectivity index is 1.56. The molecule has 0 aliphatic carbocycles. The third-order valence-electron chi connectivity index (χ3n) is 4.37. The van der Waals surface area contributed by atoms with E-state index < -0.39 is 0 Å². The zero-order chi connectivity index (χ0) is 16.9. The molecule has 1 saturated heterocycles. The van der Waals surface area contributed by atoms with Crippen molar-refractivity contribution in [3.05, 3.63) is 48.0 Å². The molecular formula is C17H23N5O2. The summed E-state index contributed by atoms with van der Waals surface area (Å²) in [5.74, 6) is 0.814. The lowest BCUT2D eigenvalue weighted by atomic mass is 10.1. The second kappa shape index (κ2) is 7.55. The highest BCUT2D eigenvalue weighted by Gasteiger charge is 2.30. The third-order valence-corrected chi connectivity index (χ3v) is 4.37. The predicted octanol–water partition coefficient (Wildman–Crippen LogP) is 0.893. The molecule has 0 unspecified atom stereocenters. The fourth-order valence-electron chi connectivity index (χ4n) is 2.86. The highest BCUT2D eigenvalue weighted by molar-refractivity contribution is 5.81. The quantitative estimate of drug-likeness (QED) is 0.882. The first-order valence-electron chi connectivity index (χ1n) is 8.16. The van der Waals surface area contributed by atoms with Gasteiger partial charge in [-0.3, -0.25) is 9.69 Å². The average Bonchev–Trinajstić information content (AvgIpc) is 3.06. The second-order valence-electron chi connectivity index (χ2n) is 6.03. The number of carbonyl (C=O) groups excluding carboxylic acids is 1. The molecule has 1 amide bonds. The highest BCUT2D eigenvalue weighted by atomic mass is 16.5. The number of hydrogen-bond acceptors (Lipinski definition) is 5. The van der Waals surface area contributed by atoms with E-state index in [1.165, 1.54) is 0 Å². The maximum absolute atomic E-state index is 12.4. The molecule has 0 saturated carbocycles. The van der Waals surface area contributed by atoms with E-state index in [4.69, 9.17) is 4.74 Å². The molecular weight excluding hydrogens is 306 g/mol. The molecule has 0 bridgehead atoms. The highest BCUT2D eigenvalue weighted by Crippen LogP contribution is 2.21. The average molecular weight is 329 g/mol. The van der Waals surface area contributed by atoms with Crippen LogP contribution in [0, 0.1) is 0 Å². The van der Waals surface area contributed by atoms with Crippen LogP contribution in [0.5, 0.6) is 0 Å². The van der Waals surface area contributed by atoms with E-state index in [1.807, 2.05) is 48.9 Å². The minimum Gasteiger partial charge on any atom is -0.368 e. The standard InChI is InChI=1S/C17H23N5O2/c1-13(17(23)18-10-14-6-4-3-5-7-14)22-8-9-24-15(11-22)16-20-19-12-21(16)2/h3-7,12-13,15H,8-11H2,1-2H3,(H,18,23)/t13-,15+/m1/s1. The first-order chi connectivity index (χ1) is 11.6. The molecule has 1 aliphatic rings. The van der Waals surface area contributed by atoms with Crippen LogP contribution < -0.4 is 5.32 Å². The molecule has 1 fully saturated rings. The number of morpholine rings is 1. The predicted molar refractivity (Wildman–Crippen MR) is 89.0 cm³/mol. The van der Waals surface area contributed by atoms with Gasteiger partial charge in [0.05, 0.1) is 12.6 Å². The van der Waals surface area contributed by atoms with Gasteiger partial charge in [-0.15, -0.1) is 10.2 Å². The number of aryl methyl sites for hydroxylation is 1. The first-order valence-corrected chi connectivity index (χ1v) is 8.16. The number of rotatable bonds is 5. The SMILES string of the molecule is C[C@H](C(=O)NCc1ccccc1)N1CCO[C@H](c2nncn2C)C1. The minimum atomic E-state index is -0.215. The van der Waals surface area contributed by atoms with Gasteiger partial charge < -0.3 is 14.6 Å². The fourth-order valence-corrected chi connectivity index (χ4v) is 2.86. The lowest BCUT2D eigenvalue weighted by Gasteiger charge is -2.35. The van der Waals surface area contributed by atoms with Gasteiger partial charge in [-0.2, -0.15) is 0 Å². The summed E-state index contributed by atoms with van der Waals surface area (Å²) in [5.41, 5.74) is 1.09. The summed E-state index contributed by atoms with van der Waals surface area (Å²) in [4.78, 5) is 14.6. The van der Waals surface area contributed by atoms with E-state index in [-0.39, 0.29) is 18.1 Å². The van der Waals surface area contributed by atoms with Crippen molar-refractivity contribution >= 4 is 5.91 Å². The molecule has 1 aliphatic heterocycles. The largest absolute Gasteiger partial charge is 0.368 e. The molecule has 7 heteroatoms. The van der Waals surface area contributed by atoms with Gasteiger partial charge in [0.2, 0.25) is 5.91 Å². The summed E-state index contributed by atoms with van der Waals surface area (Å²) >= 11 is 0. The van der Waals surface area contributed by atoms with E-state index in [0.29, 0.717) is 19.7 Å². The van der Waals surface area contributed by atoms with Gasteiger partial charge in [0.15, 0.2) is 5.82 Å². The van der Waals surface area contributed by atoms with E-state index in [1.54, 1.807) is 6.33 Å². The van der Waals surface area contributed by atoms with E-state index in [2.05, 4.69) is 20.4 Å². The van der Waals surface area contributed by atoms with Gasteiger partial charge >= 0.3 is 0 Å². The molecule has 1 aromatic heterocycles. The van der Waals surface area contributed by atoms with Crippen LogP contribution in [0.1, 0.15) is 24.4 Å². The van der Waals surface area contributed by atoms with E-state index in [0.717, 1.165) is 17.9 Å². The number of nitrogens with one attached hydrogen (secondary N) is 1. The monoisotopic (exact) mass is 329 g/mol. The molecule has 128 valence electrons. The Morgan fingerprint density at radius 3 is 2.92 bits per heavy atom. The summed E-state index contributed by atoms with van der Waals surface area (Å²) in [5, 5.41) is 11.0. The molecule has 3 rings (SSSR count). The van der Waals surface area contributed by atoms with Crippen LogP contribution in [0.15, 0.2) is 36.7 Å². The van der Waals surface area contributed by atoms with Crippen molar-refractivity contribution < 1.29 is 9.53 Å². The molecule has 24 heavy (non-hydrogen) atoms. The normalized spacial score (nSPS) is 19.8. The van der Waals surface area contributed by atoms with E-state index in [9.17, 15) is 4.79 Å². The number of ether oxygens (including phenoxy) is 1. The second-order valence-corrected chi connectivity index (χ2v) is 6.03. The molecule has 2 atom stereocenters. The summed E-state index contributed by atoms with van der Waals surface area (Å²) in [6.07, 6.45) is 1.50. The number of carbonyl (C=O) groups is 1. The van der Waals surface area contributed by atoms with Crippen molar-refractivity contribution in [2.75, 3.05) is 19.7 Å². The van der Waals surface area contributed by atoms with Crippen LogP contribution in [0.2, 0.25) is 0 Å². The van der Waals surface area contributed by atoms with Gasteiger partial charge in [0.25, 0.3) is 0 Å². The van der Waals surface area contributed by atoms with Crippen molar-refractivity contribution in [3.8, 4) is 0 Å². The van der Waals surface area contributed by atoms with Gasteiger partial charge in [0, 0.05) is 26.7 Å². The molecule has 2 aromatic rings. The zero-order valence-corrected chi connectivity index (χ0v) is 14.1. The van der Waals surface area contributed by atoms with E-state index >= 15 is 0 Å². The summed E-state index contributed by atoms with van der Waals surface area (Å²) < 4.78 is 7.65. The van der Waals surface area contributed by atoms with Crippen LogP contribution in [0.25, 0.3) is 0 Å². The Hall–Kier alpha value is -2.25. The number of amides is 1. The Kier molecular flexibility index (Phi) is 5.22. The van der Waals surface area contributed by atoms with Crippen molar-refractivity contribution in [1.29, 1.82) is 0 Å². The lowest BCUT2D eigenvalue weighted by molar-refractivity contribution is -0.129. The number of hydrogen-bond donors (Lipinski definition) is 1. The van der Waals surface area contributed by atoms with Crippen molar-refractivity contribution in [2.45, 2.75) is 25.6 Å². The van der Waals surface area contributed by atoms with Crippen LogP contribution in [-0.4, -0.2) is 51.3 Å². The van der Waals surface area contributed by atoms with Crippen LogP contribution >= 0.6 is 0 Å². The van der Waals surface area contributed by atoms with Crippen molar-refractivity contribution in [2.24, 2.45) is 7.05 Å². The molecule has 7 nitrogen and oxygen atoms in total. The molecule has 0 radical (unpaired) electrons. The van der Waals surface area contributed by atoms with Gasteiger partial charge in [-0.25, -0.2) is 0 Å². The van der Waals surface area contributed by atoms with Gasteiger partial charge in [-0.05, 0) is 12.5 Å². The number of benzene rings is 1. The summed E-state index contributed by atoms with van der Waals surface area (Å²) in [6.45, 7) is 4.41. The Morgan fingerprint density at radius 1 is 1.42 bits per heavy atom. The maximum Gasteiger partial charge on any atom is 0.237 e. The topological polar surface area (TPSA) is 72.3 Å². The van der Waals surface area contributed by atoms with Gasteiger partial charge in [-0.1, -0.05) is 30.3 Å². The Morgan fingerprint density at radius 2 is 2.21 bits per heavy atom. The summed E-state index contributed by atoms with van der Waals surface area (Å²) in [7, 11) is 1.90. The Bertz CT molecular complexity index is 673. The van der Waals surface area contributed by atoms with Crippen LogP contribution in [0.4, 0.5) is 0 Å². The van der Waals surface area contributed by atoms with Crippen molar-refractivity contribution in [1.82, 2.24) is 25.0 Å². The summed E-state index contributed by atoms with van der Waals surface area (Å²) in [6, 6.07) is 9.70. The zero-order valence-electron chi connectivity index (χ0n) is 14.1. The lowest BCUT2D eigenvalue weighted by Crippen LogP contribution is -2.50. The smallest absolute Gasteiger partial charge is 0.237 e. The minimum absolute atomic E-state index is 0.0254. The Labute approximate surface area is 141 Å². The van der Waals surface area contributed by atoms with Crippen LogP contribution in [0.3, 0.4) is 0 Å².